The van der Waals surface area contributed by atoms with Crippen LogP contribution in [0.15, 0.2) is 29.2 Å². The van der Waals surface area contributed by atoms with Crippen LogP contribution in [0.5, 0.6) is 0 Å². The van der Waals surface area contributed by atoms with Crippen LogP contribution in [0, 0.1) is 12.8 Å². The number of carbonyl (C=O) groups is 3. The van der Waals surface area contributed by atoms with Crippen LogP contribution in [0.1, 0.15) is 37.8 Å². The molecule has 6 nitrogen and oxygen atoms in total. The van der Waals surface area contributed by atoms with Crippen LogP contribution in [0.25, 0.3) is 6.08 Å². The molecule has 28 heavy (non-hydrogen) atoms. The molecule has 1 saturated heterocycles. The van der Waals surface area contributed by atoms with E-state index in [-0.39, 0.29) is 31.2 Å². The Balaban J connectivity index is 1.96. The van der Waals surface area contributed by atoms with Gasteiger partial charge in [-0.25, -0.2) is 0 Å². The van der Waals surface area contributed by atoms with Gasteiger partial charge in [0.1, 0.15) is 4.32 Å². The SMILES string of the molecule is Cc1ccc(/C=C2/SC(=S)N(CCC(=O)N[C@H](CC(C)C)C(=O)[O-])C2=O)cc1. The minimum atomic E-state index is -1.31. The number of carbonyl (C=O) groups excluding carboxylic acids is 3. The zero-order chi connectivity index (χ0) is 20.8. The van der Waals surface area contributed by atoms with E-state index in [1.165, 1.54) is 16.7 Å². The Kier molecular flexibility index (Phi) is 7.77. The molecule has 0 aliphatic carbocycles. The van der Waals surface area contributed by atoms with Gasteiger partial charge in [0.15, 0.2) is 0 Å². The summed E-state index contributed by atoms with van der Waals surface area (Å²) in [5, 5.41) is 13.6. The molecule has 1 fully saturated rings. The average Bonchev–Trinajstić information content (AvgIpc) is 2.87. The van der Waals surface area contributed by atoms with Crippen LogP contribution in [0.3, 0.4) is 0 Å². The maximum Gasteiger partial charge on any atom is 0.266 e. The maximum absolute atomic E-state index is 12.6. The highest BCUT2D eigenvalue weighted by molar-refractivity contribution is 8.26. The Morgan fingerprint density at radius 2 is 1.93 bits per heavy atom. The molecule has 1 heterocycles. The number of aryl methyl sites for hydroxylation is 1. The summed E-state index contributed by atoms with van der Waals surface area (Å²) in [4.78, 5) is 37.7. The first-order valence-electron chi connectivity index (χ1n) is 8.99. The number of nitrogens with one attached hydrogen (secondary N) is 1. The van der Waals surface area contributed by atoms with Crippen LogP contribution in [-0.2, 0) is 14.4 Å². The van der Waals surface area contributed by atoms with Gasteiger partial charge < -0.3 is 15.2 Å². The number of nitrogens with zero attached hydrogens (tertiary/aromatic N) is 1. The quantitative estimate of drug-likeness (QED) is 0.511. The minimum absolute atomic E-state index is 0.0356. The Bertz CT molecular complexity index is 803. The number of hydrogen-bond donors (Lipinski definition) is 1. The third-order valence-electron chi connectivity index (χ3n) is 4.14. The summed E-state index contributed by atoms with van der Waals surface area (Å²) in [6.45, 7) is 5.81. The highest BCUT2D eigenvalue weighted by Crippen LogP contribution is 2.32. The molecule has 1 aromatic carbocycles. The fourth-order valence-electron chi connectivity index (χ4n) is 2.67. The molecule has 2 rings (SSSR count). The van der Waals surface area contributed by atoms with Crippen LogP contribution in [0.2, 0.25) is 0 Å². The fraction of sp³-hybridized carbons (Fsp3) is 0.400. The lowest BCUT2D eigenvalue weighted by molar-refractivity contribution is -0.308. The zero-order valence-electron chi connectivity index (χ0n) is 16.1. The van der Waals surface area contributed by atoms with Crippen molar-refractivity contribution < 1.29 is 19.5 Å². The molecular formula is C20H23N2O4S2-. The lowest BCUT2D eigenvalue weighted by Crippen LogP contribution is -2.49. The van der Waals surface area contributed by atoms with Crippen molar-refractivity contribution in [3.05, 3.63) is 40.3 Å². The van der Waals surface area contributed by atoms with Crippen molar-refractivity contribution in [3.8, 4) is 0 Å². The average molecular weight is 420 g/mol. The molecule has 1 aliphatic rings. The molecule has 1 aliphatic heterocycles. The second kappa shape index (κ2) is 9.84. The Morgan fingerprint density at radius 3 is 2.50 bits per heavy atom. The Labute approximate surface area is 174 Å². The van der Waals surface area contributed by atoms with Crippen LogP contribution in [0.4, 0.5) is 0 Å². The second-order valence-electron chi connectivity index (χ2n) is 7.06. The van der Waals surface area contributed by atoms with E-state index in [9.17, 15) is 19.5 Å². The fourth-order valence-corrected chi connectivity index (χ4v) is 3.98. The summed E-state index contributed by atoms with van der Waals surface area (Å²) < 4.78 is 0.384. The van der Waals surface area contributed by atoms with Gasteiger partial charge in [-0.05, 0) is 30.9 Å². The van der Waals surface area contributed by atoms with Gasteiger partial charge >= 0.3 is 0 Å². The van der Waals surface area contributed by atoms with E-state index < -0.39 is 17.9 Å². The molecule has 1 aromatic rings. The summed E-state index contributed by atoms with van der Waals surface area (Å²) in [6, 6.07) is 6.72. The van der Waals surface area contributed by atoms with Crippen molar-refractivity contribution in [2.24, 2.45) is 5.92 Å². The number of aliphatic carboxylic acids is 1. The van der Waals surface area contributed by atoms with E-state index in [4.69, 9.17) is 12.2 Å². The lowest BCUT2D eigenvalue weighted by Gasteiger charge is -2.22. The number of hydrogen-bond acceptors (Lipinski definition) is 6. The lowest BCUT2D eigenvalue weighted by atomic mass is 10.0. The van der Waals surface area contributed by atoms with Crippen molar-refractivity contribution >= 4 is 52.2 Å². The highest BCUT2D eigenvalue weighted by Gasteiger charge is 2.32. The number of benzene rings is 1. The normalized spacial score (nSPS) is 16.7. The molecule has 150 valence electrons. The molecule has 1 N–H and O–H groups in total. The predicted molar refractivity (Wildman–Crippen MR) is 112 cm³/mol. The molecule has 8 heteroatoms. The molecule has 2 amide bonds. The van der Waals surface area contributed by atoms with Crippen molar-refractivity contribution in [3.63, 3.8) is 0 Å². The van der Waals surface area contributed by atoms with Crippen molar-refractivity contribution in [2.45, 2.75) is 39.7 Å². The van der Waals surface area contributed by atoms with E-state index in [0.29, 0.717) is 9.23 Å². The van der Waals surface area contributed by atoms with Gasteiger partial charge in [-0.15, -0.1) is 0 Å². The number of rotatable bonds is 8. The van der Waals surface area contributed by atoms with Gasteiger partial charge in [0.2, 0.25) is 5.91 Å². The highest BCUT2D eigenvalue weighted by atomic mass is 32.2. The molecule has 0 unspecified atom stereocenters. The van der Waals surface area contributed by atoms with Crippen LogP contribution < -0.4 is 10.4 Å². The number of carboxylic acid groups (broad SMARTS) is 1. The molecule has 0 radical (unpaired) electrons. The predicted octanol–water partition coefficient (Wildman–Crippen LogP) is 1.87. The molecule has 1 atom stereocenters. The maximum atomic E-state index is 12.6. The topological polar surface area (TPSA) is 89.5 Å². The minimum Gasteiger partial charge on any atom is -0.548 e. The van der Waals surface area contributed by atoms with E-state index in [1.807, 2.05) is 45.0 Å². The molecule has 0 bridgehead atoms. The van der Waals surface area contributed by atoms with Gasteiger partial charge in [-0.2, -0.15) is 0 Å². The van der Waals surface area contributed by atoms with E-state index in [1.54, 1.807) is 6.08 Å². The van der Waals surface area contributed by atoms with Crippen molar-refractivity contribution in [1.82, 2.24) is 10.2 Å². The molecule has 0 spiro atoms. The standard InChI is InChI=1S/C20H24N2O4S2/c1-12(2)10-15(19(25)26)21-17(23)8-9-22-18(24)16(28-20(22)27)11-14-6-4-13(3)5-7-14/h4-7,11-12,15H,8-10H2,1-3H3,(H,21,23)(H,25,26)/p-1/b16-11+/t15-/m1/s1. The number of amides is 2. The Morgan fingerprint density at radius 1 is 1.29 bits per heavy atom. The number of thiocarbonyl (C=S) groups is 1. The molecule has 0 aromatic heterocycles. The van der Waals surface area contributed by atoms with Crippen molar-refractivity contribution in [2.75, 3.05) is 6.54 Å². The first kappa shape index (κ1) is 22.1. The molecular weight excluding hydrogens is 396 g/mol. The monoisotopic (exact) mass is 419 g/mol. The first-order chi connectivity index (χ1) is 13.2. The van der Waals surface area contributed by atoms with E-state index in [0.717, 1.165) is 11.1 Å². The van der Waals surface area contributed by atoms with Crippen LogP contribution >= 0.6 is 24.0 Å². The zero-order valence-corrected chi connectivity index (χ0v) is 17.7. The van der Waals surface area contributed by atoms with E-state index in [2.05, 4.69) is 5.32 Å². The van der Waals surface area contributed by atoms with Gasteiger partial charge in [0.25, 0.3) is 5.91 Å². The second-order valence-corrected chi connectivity index (χ2v) is 8.74. The van der Waals surface area contributed by atoms with Crippen LogP contribution in [-0.4, -0.2) is 39.6 Å². The van der Waals surface area contributed by atoms with E-state index >= 15 is 0 Å². The van der Waals surface area contributed by atoms with Gasteiger partial charge in [0.05, 0.1) is 16.9 Å². The summed E-state index contributed by atoms with van der Waals surface area (Å²) >= 11 is 6.45. The van der Waals surface area contributed by atoms with Crippen molar-refractivity contribution in [1.29, 1.82) is 0 Å². The summed E-state index contributed by atoms with van der Waals surface area (Å²) in [7, 11) is 0. The smallest absolute Gasteiger partial charge is 0.266 e. The summed E-state index contributed by atoms with van der Waals surface area (Å²) in [5.74, 6) is -1.91. The third kappa shape index (κ3) is 6.17. The summed E-state index contributed by atoms with van der Waals surface area (Å²) in [6.07, 6.45) is 2.02. The van der Waals surface area contributed by atoms with Gasteiger partial charge in [0, 0.05) is 13.0 Å². The third-order valence-corrected chi connectivity index (χ3v) is 5.52. The van der Waals surface area contributed by atoms with Gasteiger partial charge in [-0.3, -0.25) is 14.5 Å². The number of carboxylic acids is 1. The first-order valence-corrected chi connectivity index (χ1v) is 10.2. The van der Waals surface area contributed by atoms with Gasteiger partial charge in [-0.1, -0.05) is 67.7 Å². The summed E-state index contributed by atoms with van der Waals surface area (Å²) in [5.41, 5.74) is 2.03. The molecule has 0 saturated carbocycles. The number of thioether (sulfide) groups is 1. The Hall–Kier alpha value is -2.19. The largest absolute Gasteiger partial charge is 0.548 e.